The van der Waals surface area contributed by atoms with Crippen LogP contribution in [0.1, 0.15) is 44.3 Å². The smallest absolute Gasteiger partial charge is 0.309 e. The first kappa shape index (κ1) is 11.8. The maximum Gasteiger partial charge on any atom is 0.309 e. The van der Waals surface area contributed by atoms with Gasteiger partial charge in [-0.1, -0.05) is 36.8 Å². The fourth-order valence-electron chi connectivity index (χ4n) is 3.59. The molecule has 0 radical (unpaired) electrons. The summed E-state index contributed by atoms with van der Waals surface area (Å²) in [5.74, 6) is 1.60. The molecule has 2 fully saturated rings. The van der Waals surface area contributed by atoms with Crippen LogP contribution in [0.5, 0.6) is 0 Å². The van der Waals surface area contributed by atoms with Gasteiger partial charge in [0, 0.05) is 0 Å². The Hall–Kier alpha value is -1.31. The second-order valence-electron chi connectivity index (χ2n) is 5.77. The van der Waals surface area contributed by atoms with Crippen molar-refractivity contribution in [3.63, 3.8) is 0 Å². The van der Waals surface area contributed by atoms with Crippen LogP contribution in [0.15, 0.2) is 30.3 Å². The van der Waals surface area contributed by atoms with Crippen molar-refractivity contribution < 1.29 is 9.53 Å². The van der Waals surface area contributed by atoms with E-state index in [9.17, 15) is 4.79 Å². The summed E-state index contributed by atoms with van der Waals surface area (Å²) in [6, 6.07) is 9.97. The Labute approximate surface area is 108 Å². The second kappa shape index (κ2) is 4.75. The van der Waals surface area contributed by atoms with Crippen molar-refractivity contribution in [2.75, 3.05) is 0 Å². The van der Waals surface area contributed by atoms with Gasteiger partial charge in [-0.3, -0.25) is 4.79 Å². The molecule has 0 spiro atoms. The molecule has 0 heterocycles. The van der Waals surface area contributed by atoms with E-state index < -0.39 is 0 Å². The van der Waals surface area contributed by atoms with E-state index in [0.29, 0.717) is 5.92 Å². The largest absolute Gasteiger partial charge is 0.458 e. The number of hydrogen-bond donors (Lipinski definition) is 0. The van der Waals surface area contributed by atoms with Crippen LogP contribution in [0.25, 0.3) is 0 Å². The molecule has 18 heavy (non-hydrogen) atoms. The molecule has 1 aromatic carbocycles. The predicted octanol–water partition coefficient (Wildman–Crippen LogP) is 3.73. The van der Waals surface area contributed by atoms with Crippen LogP contribution < -0.4 is 0 Å². The second-order valence-corrected chi connectivity index (χ2v) is 5.77. The van der Waals surface area contributed by atoms with Gasteiger partial charge in [-0.2, -0.15) is 0 Å². The number of hydrogen-bond acceptors (Lipinski definition) is 2. The van der Waals surface area contributed by atoms with Crippen LogP contribution in [0.3, 0.4) is 0 Å². The van der Waals surface area contributed by atoms with Crippen molar-refractivity contribution in [3.8, 4) is 0 Å². The molecule has 4 atom stereocenters. The number of fused-ring (bicyclic) bond motifs is 2. The van der Waals surface area contributed by atoms with E-state index >= 15 is 0 Å². The summed E-state index contributed by atoms with van der Waals surface area (Å²) in [5, 5.41) is 0. The molecule has 2 bridgehead atoms. The average molecular weight is 244 g/mol. The SMILES string of the molecule is C[C@@H](OC(=O)[C@H]1C[C@@H]2CC[C@H]1C2)c1ccccc1. The van der Waals surface area contributed by atoms with E-state index in [-0.39, 0.29) is 18.0 Å². The summed E-state index contributed by atoms with van der Waals surface area (Å²) in [6.45, 7) is 1.96. The third-order valence-electron chi connectivity index (χ3n) is 4.60. The zero-order valence-electron chi connectivity index (χ0n) is 10.8. The highest BCUT2D eigenvalue weighted by Crippen LogP contribution is 2.49. The van der Waals surface area contributed by atoms with E-state index in [1.54, 1.807) is 0 Å². The fourth-order valence-corrected chi connectivity index (χ4v) is 3.59. The quantitative estimate of drug-likeness (QED) is 0.757. The molecule has 0 aromatic heterocycles. The molecule has 3 rings (SSSR count). The highest BCUT2D eigenvalue weighted by molar-refractivity contribution is 5.73. The van der Waals surface area contributed by atoms with Gasteiger partial charge in [0.2, 0.25) is 0 Å². The Bertz CT molecular complexity index is 426. The Balaban J connectivity index is 1.61. The number of carbonyl (C=O) groups excluding carboxylic acids is 1. The van der Waals surface area contributed by atoms with Gasteiger partial charge in [0.15, 0.2) is 0 Å². The molecule has 2 aliphatic carbocycles. The van der Waals surface area contributed by atoms with Crippen LogP contribution in [0, 0.1) is 17.8 Å². The molecule has 1 aromatic rings. The van der Waals surface area contributed by atoms with Crippen molar-refractivity contribution in [2.24, 2.45) is 17.8 Å². The van der Waals surface area contributed by atoms with Gasteiger partial charge < -0.3 is 4.74 Å². The first-order valence-electron chi connectivity index (χ1n) is 6.99. The van der Waals surface area contributed by atoms with E-state index in [1.165, 1.54) is 19.3 Å². The normalized spacial score (nSPS) is 31.3. The minimum atomic E-state index is -0.127. The number of esters is 1. The van der Waals surface area contributed by atoms with Gasteiger partial charge in [0.1, 0.15) is 6.10 Å². The molecule has 0 amide bonds. The van der Waals surface area contributed by atoms with Crippen LogP contribution in [-0.4, -0.2) is 5.97 Å². The number of benzene rings is 1. The zero-order chi connectivity index (χ0) is 12.5. The van der Waals surface area contributed by atoms with Crippen LogP contribution in [-0.2, 0) is 9.53 Å². The van der Waals surface area contributed by atoms with Gasteiger partial charge in [-0.25, -0.2) is 0 Å². The summed E-state index contributed by atoms with van der Waals surface area (Å²) in [6.07, 6.45) is 4.73. The van der Waals surface area contributed by atoms with Crippen molar-refractivity contribution in [2.45, 2.75) is 38.7 Å². The first-order chi connectivity index (χ1) is 8.74. The lowest BCUT2D eigenvalue weighted by Crippen LogP contribution is -2.24. The van der Waals surface area contributed by atoms with Crippen molar-refractivity contribution in [3.05, 3.63) is 35.9 Å². The predicted molar refractivity (Wildman–Crippen MR) is 69.9 cm³/mol. The van der Waals surface area contributed by atoms with Crippen molar-refractivity contribution >= 4 is 5.97 Å². The summed E-state index contributed by atoms with van der Waals surface area (Å²) in [4.78, 5) is 12.2. The molecule has 2 heteroatoms. The lowest BCUT2D eigenvalue weighted by atomic mass is 9.89. The van der Waals surface area contributed by atoms with Gasteiger partial charge in [0.25, 0.3) is 0 Å². The molecular formula is C16H20O2. The summed E-state index contributed by atoms with van der Waals surface area (Å²) in [7, 11) is 0. The average Bonchev–Trinajstić information content (AvgIpc) is 3.02. The van der Waals surface area contributed by atoms with Crippen LogP contribution >= 0.6 is 0 Å². The molecule has 2 aliphatic rings. The van der Waals surface area contributed by atoms with Gasteiger partial charge >= 0.3 is 5.97 Å². The third kappa shape index (κ3) is 2.16. The Kier molecular flexibility index (Phi) is 3.11. The number of ether oxygens (including phenoxy) is 1. The molecule has 0 saturated heterocycles. The van der Waals surface area contributed by atoms with Crippen molar-refractivity contribution in [1.29, 1.82) is 0 Å². The maximum atomic E-state index is 12.2. The van der Waals surface area contributed by atoms with Gasteiger partial charge in [-0.15, -0.1) is 0 Å². The van der Waals surface area contributed by atoms with E-state index in [0.717, 1.165) is 17.9 Å². The molecule has 2 nitrogen and oxygen atoms in total. The highest BCUT2D eigenvalue weighted by Gasteiger charge is 2.44. The third-order valence-corrected chi connectivity index (χ3v) is 4.60. The highest BCUT2D eigenvalue weighted by atomic mass is 16.5. The Morgan fingerprint density at radius 1 is 1.22 bits per heavy atom. The van der Waals surface area contributed by atoms with Gasteiger partial charge in [0.05, 0.1) is 5.92 Å². The monoisotopic (exact) mass is 244 g/mol. The van der Waals surface area contributed by atoms with Gasteiger partial charge in [-0.05, 0) is 43.6 Å². The molecule has 2 saturated carbocycles. The molecule has 96 valence electrons. The maximum absolute atomic E-state index is 12.2. The summed E-state index contributed by atoms with van der Waals surface area (Å²) < 4.78 is 5.63. The zero-order valence-corrected chi connectivity index (χ0v) is 10.8. The number of carbonyl (C=O) groups is 1. The van der Waals surface area contributed by atoms with Crippen LogP contribution in [0.2, 0.25) is 0 Å². The van der Waals surface area contributed by atoms with E-state index in [1.807, 2.05) is 37.3 Å². The lowest BCUT2D eigenvalue weighted by Gasteiger charge is -2.22. The fraction of sp³-hybridized carbons (Fsp3) is 0.562. The molecule has 0 unspecified atom stereocenters. The Morgan fingerprint density at radius 2 is 2.00 bits per heavy atom. The minimum Gasteiger partial charge on any atom is -0.458 e. The van der Waals surface area contributed by atoms with E-state index in [2.05, 4.69) is 0 Å². The summed E-state index contributed by atoms with van der Waals surface area (Å²) >= 11 is 0. The van der Waals surface area contributed by atoms with Crippen LogP contribution in [0.4, 0.5) is 0 Å². The lowest BCUT2D eigenvalue weighted by molar-refractivity contribution is -0.155. The topological polar surface area (TPSA) is 26.3 Å². The molecular weight excluding hydrogens is 224 g/mol. The molecule has 0 N–H and O–H groups in total. The van der Waals surface area contributed by atoms with Crippen molar-refractivity contribution in [1.82, 2.24) is 0 Å². The first-order valence-corrected chi connectivity index (χ1v) is 6.99. The van der Waals surface area contributed by atoms with E-state index in [4.69, 9.17) is 4.74 Å². The Morgan fingerprint density at radius 3 is 2.61 bits per heavy atom. The molecule has 0 aliphatic heterocycles. The minimum absolute atomic E-state index is 0.0264. The number of rotatable bonds is 3. The summed E-state index contributed by atoms with van der Waals surface area (Å²) in [5.41, 5.74) is 1.08. The standard InChI is InChI=1S/C16H20O2/c1-11(13-5-3-2-4-6-13)18-16(17)15-10-12-7-8-14(15)9-12/h2-6,11-12,14-15H,7-10H2,1H3/t11-,12-,14+,15+/m1/s1.